The fourth-order valence-corrected chi connectivity index (χ4v) is 2.92. The summed E-state index contributed by atoms with van der Waals surface area (Å²) in [7, 11) is 0. The topological polar surface area (TPSA) is 38.1 Å². The zero-order valence-electron chi connectivity index (χ0n) is 10.5. The van der Waals surface area contributed by atoms with E-state index in [1.165, 1.54) is 0 Å². The van der Waals surface area contributed by atoms with E-state index in [0.29, 0.717) is 0 Å². The summed E-state index contributed by atoms with van der Waals surface area (Å²) in [5.41, 5.74) is 0.668. The average Bonchev–Trinajstić information content (AvgIpc) is 3.11. The smallest absolute Gasteiger partial charge is 0.138 e. The van der Waals surface area contributed by atoms with Crippen LogP contribution < -0.4 is 0 Å². The van der Waals surface area contributed by atoms with Crippen LogP contribution in [0.4, 0.5) is 0 Å². The number of rotatable bonds is 3. The maximum atomic E-state index is 10.8. The van der Waals surface area contributed by atoms with Gasteiger partial charge in [0.1, 0.15) is 5.60 Å². The van der Waals surface area contributed by atoms with Crippen molar-refractivity contribution in [1.29, 1.82) is 0 Å². The third-order valence-electron chi connectivity index (χ3n) is 3.14. The van der Waals surface area contributed by atoms with Crippen LogP contribution in [0.3, 0.4) is 0 Å². The second-order valence-electron chi connectivity index (χ2n) is 4.51. The summed E-state index contributed by atoms with van der Waals surface area (Å²) in [6.45, 7) is 1.80. The lowest BCUT2D eigenvalue weighted by Gasteiger charge is -2.23. The van der Waals surface area contributed by atoms with Crippen LogP contribution in [0.1, 0.15) is 17.5 Å². The van der Waals surface area contributed by atoms with E-state index in [0.717, 1.165) is 16.3 Å². The molecule has 2 heterocycles. The highest BCUT2D eigenvalue weighted by Gasteiger charge is 2.30. The van der Waals surface area contributed by atoms with E-state index >= 15 is 0 Å². The second-order valence-corrected chi connectivity index (χ2v) is 5.46. The highest BCUT2D eigenvalue weighted by atomic mass is 32.1. The van der Waals surface area contributed by atoms with Crippen molar-refractivity contribution in [2.45, 2.75) is 12.5 Å². The summed E-state index contributed by atoms with van der Waals surface area (Å²) in [6, 6.07) is 15.6. The number of hydrogen-bond acceptors (Lipinski definition) is 3. The van der Waals surface area contributed by atoms with E-state index in [2.05, 4.69) is 5.10 Å². The van der Waals surface area contributed by atoms with Crippen LogP contribution in [0.5, 0.6) is 0 Å². The maximum Gasteiger partial charge on any atom is 0.138 e. The molecular weight excluding hydrogens is 256 g/mol. The fourth-order valence-electron chi connectivity index (χ4n) is 2.13. The number of benzene rings is 1. The molecule has 3 rings (SSSR count). The van der Waals surface area contributed by atoms with E-state index in [1.807, 2.05) is 53.9 Å². The Kier molecular flexibility index (Phi) is 2.97. The first-order valence-corrected chi connectivity index (χ1v) is 6.94. The minimum atomic E-state index is -1.04. The molecule has 0 fully saturated rings. The molecule has 96 valence electrons. The van der Waals surface area contributed by atoms with Crippen LogP contribution >= 0.6 is 11.3 Å². The molecule has 3 aromatic rings. The number of aliphatic hydroxyl groups is 1. The van der Waals surface area contributed by atoms with Crippen molar-refractivity contribution in [3.8, 4) is 5.69 Å². The van der Waals surface area contributed by atoms with Gasteiger partial charge in [-0.15, -0.1) is 11.3 Å². The lowest BCUT2D eigenvalue weighted by Crippen LogP contribution is -2.25. The molecule has 1 N–H and O–H groups in total. The van der Waals surface area contributed by atoms with E-state index in [9.17, 15) is 5.11 Å². The van der Waals surface area contributed by atoms with Crippen LogP contribution in [0.25, 0.3) is 5.69 Å². The average molecular weight is 270 g/mol. The Morgan fingerprint density at radius 3 is 2.58 bits per heavy atom. The van der Waals surface area contributed by atoms with Crippen molar-refractivity contribution >= 4 is 11.3 Å². The normalized spacial score (nSPS) is 14.2. The lowest BCUT2D eigenvalue weighted by molar-refractivity contribution is 0.0985. The molecule has 0 saturated heterocycles. The van der Waals surface area contributed by atoms with Gasteiger partial charge in [0.25, 0.3) is 0 Å². The molecule has 1 unspecified atom stereocenters. The second kappa shape index (κ2) is 4.64. The van der Waals surface area contributed by atoms with Crippen LogP contribution in [-0.4, -0.2) is 14.9 Å². The molecule has 19 heavy (non-hydrogen) atoms. The Balaban J connectivity index is 2.11. The molecule has 0 saturated carbocycles. The first kappa shape index (κ1) is 12.1. The van der Waals surface area contributed by atoms with Crippen LogP contribution in [0, 0.1) is 0 Å². The summed E-state index contributed by atoms with van der Waals surface area (Å²) in [5.74, 6) is 0. The monoisotopic (exact) mass is 270 g/mol. The van der Waals surface area contributed by atoms with E-state index in [1.54, 1.807) is 29.1 Å². The van der Waals surface area contributed by atoms with Gasteiger partial charge in [-0.1, -0.05) is 24.3 Å². The molecule has 3 nitrogen and oxygen atoms in total. The molecule has 2 aromatic heterocycles. The van der Waals surface area contributed by atoms with Gasteiger partial charge in [-0.05, 0) is 36.6 Å². The Morgan fingerprint density at radius 2 is 1.89 bits per heavy atom. The van der Waals surface area contributed by atoms with Crippen LogP contribution in [0.15, 0.2) is 60.1 Å². The number of para-hydroxylation sites is 1. The third kappa shape index (κ3) is 2.09. The van der Waals surface area contributed by atoms with Crippen molar-refractivity contribution < 1.29 is 5.11 Å². The highest BCUT2D eigenvalue weighted by molar-refractivity contribution is 7.10. The Bertz CT molecular complexity index is 657. The van der Waals surface area contributed by atoms with Gasteiger partial charge in [0.2, 0.25) is 0 Å². The van der Waals surface area contributed by atoms with Gasteiger partial charge >= 0.3 is 0 Å². The van der Waals surface area contributed by atoms with Crippen molar-refractivity contribution in [3.63, 3.8) is 0 Å². The van der Waals surface area contributed by atoms with E-state index in [4.69, 9.17) is 0 Å². The summed E-state index contributed by atoms with van der Waals surface area (Å²) < 4.78 is 1.78. The molecule has 1 atom stereocenters. The molecule has 1 aromatic carbocycles. The zero-order chi connectivity index (χ0) is 13.3. The SMILES string of the molecule is CC(O)(c1cccs1)c1ccnn1-c1ccccc1. The Hall–Kier alpha value is -1.91. The third-order valence-corrected chi connectivity index (χ3v) is 4.22. The zero-order valence-corrected chi connectivity index (χ0v) is 11.3. The predicted molar refractivity (Wildman–Crippen MR) is 76.6 cm³/mol. The van der Waals surface area contributed by atoms with Gasteiger partial charge < -0.3 is 5.11 Å². The number of aromatic nitrogens is 2. The van der Waals surface area contributed by atoms with Gasteiger partial charge in [0.05, 0.1) is 11.4 Å². The van der Waals surface area contributed by atoms with Gasteiger partial charge in [0, 0.05) is 11.1 Å². The molecule has 0 radical (unpaired) electrons. The summed E-state index contributed by atoms with van der Waals surface area (Å²) in [4.78, 5) is 0.908. The molecule has 0 amide bonds. The quantitative estimate of drug-likeness (QED) is 0.793. The number of hydrogen-bond donors (Lipinski definition) is 1. The van der Waals surface area contributed by atoms with Crippen LogP contribution in [-0.2, 0) is 5.60 Å². The largest absolute Gasteiger partial charge is 0.378 e. The lowest BCUT2D eigenvalue weighted by atomic mass is 10.0. The molecule has 0 spiro atoms. The van der Waals surface area contributed by atoms with Crippen molar-refractivity contribution in [1.82, 2.24) is 9.78 Å². The molecular formula is C15H14N2OS. The molecule has 4 heteroatoms. The van der Waals surface area contributed by atoms with Gasteiger partial charge in [-0.3, -0.25) is 0 Å². The first-order chi connectivity index (χ1) is 9.19. The van der Waals surface area contributed by atoms with Crippen molar-refractivity contribution in [3.05, 3.63) is 70.7 Å². The van der Waals surface area contributed by atoms with Gasteiger partial charge in [-0.25, -0.2) is 4.68 Å². The predicted octanol–water partition coefficient (Wildman–Crippen LogP) is 3.19. The van der Waals surface area contributed by atoms with Gasteiger partial charge in [-0.2, -0.15) is 5.10 Å². The highest BCUT2D eigenvalue weighted by Crippen LogP contribution is 2.33. The summed E-state index contributed by atoms with van der Waals surface area (Å²) in [5, 5.41) is 17.1. The summed E-state index contributed by atoms with van der Waals surface area (Å²) in [6.07, 6.45) is 1.71. The Morgan fingerprint density at radius 1 is 1.11 bits per heavy atom. The van der Waals surface area contributed by atoms with Crippen LogP contribution in [0.2, 0.25) is 0 Å². The van der Waals surface area contributed by atoms with Gasteiger partial charge in [0.15, 0.2) is 0 Å². The van der Waals surface area contributed by atoms with Crippen molar-refractivity contribution in [2.24, 2.45) is 0 Å². The number of thiophene rings is 1. The minimum Gasteiger partial charge on any atom is -0.378 e. The number of nitrogens with zero attached hydrogens (tertiary/aromatic N) is 2. The first-order valence-electron chi connectivity index (χ1n) is 6.06. The molecule has 0 aliphatic heterocycles. The molecule has 0 aliphatic rings. The van der Waals surface area contributed by atoms with Crippen molar-refractivity contribution in [2.75, 3.05) is 0 Å². The molecule has 0 aliphatic carbocycles. The fraction of sp³-hybridized carbons (Fsp3) is 0.133. The Labute approximate surface area is 115 Å². The maximum absolute atomic E-state index is 10.8. The van der Waals surface area contributed by atoms with E-state index in [-0.39, 0.29) is 0 Å². The summed E-state index contributed by atoms with van der Waals surface area (Å²) >= 11 is 1.54. The van der Waals surface area contributed by atoms with E-state index < -0.39 is 5.60 Å². The minimum absolute atomic E-state index is 0.765. The molecule has 0 bridgehead atoms. The standard InChI is InChI=1S/C15H14N2OS/c1-15(18,14-8-5-11-19-14)13-9-10-16-17(13)12-6-3-2-4-7-12/h2-11,18H,1H3.